The van der Waals surface area contributed by atoms with Gasteiger partial charge in [0.2, 0.25) is 0 Å². The fraction of sp³-hybridized carbons (Fsp3) is 1.00. The molecule has 0 amide bonds. The van der Waals surface area contributed by atoms with Crippen LogP contribution in [-0.2, 0) is 4.74 Å². The summed E-state index contributed by atoms with van der Waals surface area (Å²) in [6.07, 6.45) is 6.55. The zero-order valence-corrected chi connectivity index (χ0v) is 9.87. The summed E-state index contributed by atoms with van der Waals surface area (Å²) in [5.74, 6) is 0. The minimum absolute atomic E-state index is 0.0708. The van der Waals surface area contributed by atoms with Crippen LogP contribution in [0.2, 0.25) is 0 Å². The van der Waals surface area contributed by atoms with Crippen LogP contribution < -0.4 is 5.73 Å². The highest BCUT2D eigenvalue weighted by Gasteiger charge is 2.34. The quantitative estimate of drug-likeness (QED) is 0.765. The number of nitrogens with two attached hydrogens (primary N) is 1. The predicted octanol–water partition coefficient (Wildman–Crippen LogP) is 1.37. The highest BCUT2D eigenvalue weighted by Crippen LogP contribution is 2.26. The number of ether oxygens (including phenoxy) is 1. The van der Waals surface area contributed by atoms with Crippen LogP contribution in [0.1, 0.15) is 39.0 Å². The van der Waals surface area contributed by atoms with E-state index >= 15 is 0 Å². The van der Waals surface area contributed by atoms with Crippen molar-refractivity contribution in [2.75, 3.05) is 26.3 Å². The molecule has 15 heavy (non-hydrogen) atoms. The second kappa shape index (κ2) is 4.81. The molecule has 0 aromatic heterocycles. The van der Waals surface area contributed by atoms with Crippen molar-refractivity contribution in [1.82, 2.24) is 4.90 Å². The topological polar surface area (TPSA) is 38.5 Å². The van der Waals surface area contributed by atoms with E-state index in [1.165, 1.54) is 25.7 Å². The van der Waals surface area contributed by atoms with E-state index in [0.717, 1.165) is 38.8 Å². The van der Waals surface area contributed by atoms with E-state index in [-0.39, 0.29) is 5.54 Å². The van der Waals surface area contributed by atoms with Crippen LogP contribution >= 0.6 is 0 Å². The van der Waals surface area contributed by atoms with Gasteiger partial charge in [-0.25, -0.2) is 0 Å². The molecule has 2 N–H and O–H groups in total. The number of nitrogens with zero attached hydrogens (tertiary/aromatic N) is 1. The zero-order valence-electron chi connectivity index (χ0n) is 9.87. The Hall–Kier alpha value is -0.120. The Morgan fingerprint density at radius 2 is 2.13 bits per heavy atom. The molecule has 1 heterocycles. The molecule has 1 atom stereocenters. The molecule has 0 aromatic carbocycles. The van der Waals surface area contributed by atoms with Gasteiger partial charge in [0.25, 0.3) is 0 Å². The normalized spacial score (nSPS) is 33.0. The molecule has 2 fully saturated rings. The monoisotopic (exact) mass is 212 g/mol. The van der Waals surface area contributed by atoms with Crippen LogP contribution in [-0.4, -0.2) is 42.8 Å². The average Bonchev–Trinajstić information content (AvgIpc) is 2.85. The summed E-state index contributed by atoms with van der Waals surface area (Å²) >= 11 is 0. The van der Waals surface area contributed by atoms with Crippen molar-refractivity contribution in [3.05, 3.63) is 0 Å². The molecule has 1 saturated carbocycles. The third-order valence-corrected chi connectivity index (χ3v) is 3.90. The maximum atomic E-state index is 6.34. The molecule has 1 saturated heterocycles. The highest BCUT2D eigenvalue weighted by atomic mass is 16.5. The molecular weight excluding hydrogens is 188 g/mol. The van der Waals surface area contributed by atoms with Crippen LogP contribution in [0.5, 0.6) is 0 Å². The number of hydrogen-bond acceptors (Lipinski definition) is 3. The largest absolute Gasteiger partial charge is 0.379 e. The van der Waals surface area contributed by atoms with Crippen molar-refractivity contribution in [3.8, 4) is 0 Å². The van der Waals surface area contributed by atoms with Crippen LogP contribution in [0.3, 0.4) is 0 Å². The lowest BCUT2D eigenvalue weighted by molar-refractivity contribution is 0.132. The molecule has 2 aliphatic rings. The number of hydrogen-bond donors (Lipinski definition) is 1. The first-order valence-corrected chi connectivity index (χ1v) is 6.34. The molecular formula is C12H24N2O. The van der Waals surface area contributed by atoms with Gasteiger partial charge in [0.05, 0.1) is 12.1 Å². The summed E-state index contributed by atoms with van der Waals surface area (Å²) in [7, 11) is 0. The van der Waals surface area contributed by atoms with Crippen molar-refractivity contribution >= 4 is 0 Å². The molecule has 1 aliphatic heterocycles. The van der Waals surface area contributed by atoms with Gasteiger partial charge in [-0.05, 0) is 25.8 Å². The van der Waals surface area contributed by atoms with E-state index in [4.69, 9.17) is 10.5 Å². The van der Waals surface area contributed by atoms with Gasteiger partial charge in [0, 0.05) is 19.2 Å². The molecule has 0 bridgehead atoms. The van der Waals surface area contributed by atoms with Crippen molar-refractivity contribution in [3.63, 3.8) is 0 Å². The molecule has 88 valence electrons. The van der Waals surface area contributed by atoms with Crippen molar-refractivity contribution < 1.29 is 4.74 Å². The summed E-state index contributed by atoms with van der Waals surface area (Å²) in [6, 6.07) is 0.788. The Morgan fingerprint density at radius 3 is 2.67 bits per heavy atom. The van der Waals surface area contributed by atoms with Crippen LogP contribution in [0.4, 0.5) is 0 Å². The van der Waals surface area contributed by atoms with Gasteiger partial charge in [0.1, 0.15) is 0 Å². The summed E-state index contributed by atoms with van der Waals surface area (Å²) in [5, 5.41) is 0. The zero-order chi connectivity index (χ0) is 10.7. The Bertz CT molecular complexity index is 196. The van der Waals surface area contributed by atoms with Gasteiger partial charge in [-0.15, -0.1) is 0 Å². The van der Waals surface area contributed by atoms with E-state index in [0.29, 0.717) is 0 Å². The molecule has 0 radical (unpaired) electrons. The lowest BCUT2D eigenvalue weighted by atomic mass is 9.98. The summed E-state index contributed by atoms with van der Waals surface area (Å²) in [5.41, 5.74) is 6.27. The smallest absolute Gasteiger partial charge is 0.0659 e. The second-order valence-corrected chi connectivity index (χ2v) is 5.17. The fourth-order valence-corrected chi connectivity index (χ4v) is 2.92. The van der Waals surface area contributed by atoms with Crippen LogP contribution in [0.15, 0.2) is 0 Å². The van der Waals surface area contributed by atoms with Gasteiger partial charge in [-0.1, -0.05) is 19.8 Å². The molecule has 2 rings (SSSR count). The third-order valence-electron chi connectivity index (χ3n) is 3.90. The first kappa shape index (κ1) is 11.4. The van der Waals surface area contributed by atoms with Crippen molar-refractivity contribution in [2.24, 2.45) is 5.73 Å². The maximum Gasteiger partial charge on any atom is 0.0659 e. The average molecular weight is 212 g/mol. The third kappa shape index (κ3) is 2.71. The lowest BCUT2D eigenvalue weighted by Crippen LogP contribution is -2.53. The minimum Gasteiger partial charge on any atom is -0.379 e. The summed E-state index contributed by atoms with van der Waals surface area (Å²) < 4.78 is 5.42. The molecule has 1 aliphatic carbocycles. The Labute approximate surface area is 93.0 Å². The molecule has 1 unspecified atom stereocenters. The minimum atomic E-state index is -0.0708. The van der Waals surface area contributed by atoms with E-state index in [9.17, 15) is 0 Å². The first-order chi connectivity index (χ1) is 7.23. The molecule has 3 nitrogen and oxygen atoms in total. The predicted molar refractivity (Wildman–Crippen MR) is 61.9 cm³/mol. The second-order valence-electron chi connectivity index (χ2n) is 5.17. The Kier molecular flexibility index (Phi) is 3.65. The standard InChI is InChI=1S/C12H24N2O/c1-2-14(11-5-3-4-6-11)9-12(13)7-8-15-10-12/h11H,2-10,13H2,1H3. The molecule has 0 aromatic rings. The number of likely N-dealkylation sites (N-methyl/N-ethyl adjacent to an activating group) is 1. The van der Waals surface area contributed by atoms with Crippen LogP contribution in [0, 0.1) is 0 Å². The SMILES string of the molecule is CCN(CC1(N)CCOC1)C1CCCC1. The van der Waals surface area contributed by atoms with Crippen molar-refractivity contribution in [1.29, 1.82) is 0 Å². The maximum absolute atomic E-state index is 6.34. The first-order valence-electron chi connectivity index (χ1n) is 6.34. The Balaban J connectivity index is 1.89. The van der Waals surface area contributed by atoms with Gasteiger partial charge in [-0.2, -0.15) is 0 Å². The summed E-state index contributed by atoms with van der Waals surface area (Å²) in [4.78, 5) is 2.57. The van der Waals surface area contributed by atoms with Crippen molar-refractivity contribution in [2.45, 2.75) is 50.6 Å². The lowest BCUT2D eigenvalue weighted by Gasteiger charge is -2.34. The van der Waals surface area contributed by atoms with Gasteiger partial charge in [-0.3, -0.25) is 4.90 Å². The fourth-order valence-electron chi connectivity index (χ4n) is 2.92. The molecule has 0 spiro atoms. The van der Waals surface area contributed by atoms with Gasteiger partial charge < -0.3 is 10.5 Å². The highest BCUT2D eigenvalue weighted by molar-refractivity contribution is 4.93. The van der Waals surface area contributed by atoms with Gasteiger partial charge >= 0.3 is 0 Å². The number of rotatable bonds is 4. The van der Waals surface area contributed by atoms with E-state index in [2.05, 4.69) is 11.8 Å². The van der Waals surface area contributed by atoms with Gasteiger partial charge in [0.15, 0.2) is 0 Å². The molecule has 3 heteroatoms. The summed E-state index contributed by atoms with van der Waals surface area (Å²) in [6.45, 7) is 5.99. The van der Waals surface area contributed by atoms with Crippen LogP contribution in [0.25, 0.3) is 0 Å². The van der Waals surface area contributed by atoms with E-state index in [1.807, 2.05) is 0 Å². The van der Waals surface area contributed by atoms with E-state index in [1.54, 1.807) is 0 Å². The van der Waals surface area contributed by atoms with E-state index < -0.39 is 0 Å². The Morgan fingerprint density at radius 1 is 1.40 bits per heavy atom.